The fourth-order valence-electron chi connectivity index (χ4n) is 3.06. The van der Waals surface area contributed by atoms with Gasteiger partial charge < -0.3 is 0 Å². The summed E-state index contributed by atoms with van der Waals surface area (Å²) >= 11 is 0. The summed E-state index contributed by atoms with van der Waals surface area (Å²) in [5.74, 6) is 1.44. The molecule has 1 aromatic heterocycles. The first kappa shape index (κ1) is 14.6. The highest BCUT2D eigenvalue weighted by Gasteiger charge is 2.11. The van der Waals surface area contributed by atoms with Crippen LogP contribution in [-0.4, -0.2) is 4.98 Å². The van der Waals surface area contributed by atoms with Crippen molar-refractivity contribution in [2.75, 3.05) is 0 Å². The highest BCUT2D eigenvalue weighted by atomic mass is 14.7. The molecule has 1 nitrogen and oxygen atoms in total. The minimum absolute atomic E-state index is 0.544. The molecule has 19 heavy (non-hydrogen) atoms. The van der Waals surface area contributed by atoms with Crippen LogP contribution in [0.3, 0.4) is 0 Å². The Kier molecular flexibility index (Phi) is 5.42. The predicted octanol–water partition coefficient (Wildman–Crippen LogP) is 5.28. The molecule has 0 saturated carbocycles. The van der Waals surface area contributed by atoms with Crippen LogP contribution in [0.25, 0.3) is 0 Å². The van der Waals surface area contributed by atoms with Crippen molar-refractivity contribution in [3.05, 3.63) is 29.1 Å². The van der Waals surface area contributed by atoms with Crippen molar-refractivity contribution in [2.45, 2.75) is 78.1 Å². The largest absolute Gasteiger partial charge is 0.257 e. The van der Waals surface area contributed by atoms with E-state index in [4.69, 9.17) is 4.98 Å². The topological polar surface area (TPSA) is 12.9 Å². The maximum absolute atomic E-state index is 4.94. The molecule has 106 valence electrons. The number of rotatable bonds is 1. The monoisotopic (exact) mass is 259 g/mol. The Labute approximate surface area is 118 Å². The SMILES string of the molecule is CC1CCCCCc2ccc(C(C)C)nc2CCC1. The van der Waals surface area contributed by atoms with Crippen LogP contribution in [0.1, 0.15) is 82.2 Å². The van der Waals surface area contributed by atoms with Gasteiger partial charge in [-0.1, -0.05) is 52.5 Å². The van der Waals surface area contributed by atoms with E-state index in [0.717, 1.165) is 5.92 Å². The average Bonchev–Trinajstić information content (AvgIpc) is 2.42. The van der Waals surface area contributed by atoms with Gasteiger partial charge in [0.25, 0.3) is 0 Å². The molecule has 2 rings (SSSR count). The summed E-state index contributed by atoms with van der Waals surface area (Å²) in [6.07, 6.45) is 10.6. The molecule has 0 fully saturated rings. The molecule has 0 saturated heterocycles. The van der Waals surface area contributed by atoms with Gasteiger partial charge in [-0.05, 0) is 49.1 Å². The van der Waals surface area contributed by atoms with Crippen molar-refractivity contribution in [2.24, 2.45) is 5.92 Å². The van der Waals surface area contributed by atoms with Crippen LogP contribution in [0.5, 0.6) is 0 Å². The van der Waals surface area contributed by atoms with E-state index in [1.165, 1.54) is 68.3 Å². The van der Waals surface area contributed by atoms with Gasteiger partial charge in [0.15, 0.2) is 0 Å². The van der Waals surface area contributed by atoms with E-state index in [9.17, 15) is 0 Å². The van der Waals surface area contributed by atoms with Crippen molar-refractivity contribution in [3.63, 3.8) is 0 Å². The zero-order valence-corrected chi connectivity index (χ0v) is 12.9. The van der Waals surface area contributed by atoms with E-state index in [2.05, 4.69) is 32.9 Å². The Morgan fingerprint density at radius 2 is 1.79 bits per heavy atom. The summed E-state index contributed by atoms with van der Waals surface area (Å²) in [4.78, 5) is 4.94. The average molecular weight is 259 g/mol. The van der Waals surface area contributed by atoms with Gasteiger partial charge in [-0.25, -0.2) is 0 Å². The normalized spacial score (nSPS) is 21.8. The van der Waals surface area contributed by atoms with E-state index in [1.54, 1.807) is 0 Å². The number of fused-ring (bicyclic) bond motifs is 1. The summed E-state index contributed by atoms with van der Waals surface area (Å²) in [5.41, 5.74) is 4.17. The molecule has 0 aromatic carbocycles. The molecule has 0 spiro atoms. The lowest BCUT2D eigenvalue weighted by Gasteiger charge is -2.13. The van der Waals surface area contributed by atoms with Gasteiger partial charge in [0.05, 0.1) is 0 Å². The summed E-state index contributed by atoms with van der Waals surface area (Å²) < 4.78 is 0. The zero-order chi connectivity index (χ0) is 13.7. The number of aryl methyl sites for hydroxylation is 2. The number of pyridine rings is 1. The van der Waals surface area contributed by atoms with Crippen LogP contribution < -0.4 is 0 Å². The third kappa shape index (κ3) is 4.33. The maximum Gasteiger partial charge on any atom is 0.0438 e. The van der Waals surface area contributed by atoms with E-state index < -0.39 is 0 Å². The molecule has 0 radical (unpaired) electrons. The van der Waals surface area contributed by atoms with Gasteiger partial charge in [0, 0.05) is 11.4 Å². The Morgan fingerprint density at radius 3 is 2.58 bits per heavy atom. The molecule has 0 bridgehead atoms. The molecule has 1 heteroatoms. The van der Waals surface area contributed by atoms with Crippen LogP contribution in [0.15, 0.2) is 12.1 Å². The predicted molar refractivity (Wildman–Crippen MR) is 82.6 cm³/mol. The van der Waals surface area contributed by atoms with Gasteiger partial charge in [0.2, 0.25) is 0 Å². The van der Waals surface area contributed by atoms with Crippen molar-refractivity contribution in [1.82, 2.24) is 4.98 Å². The number of nitrogens with zero attached hydrogens (tertiary/aromatic N) is 1. The van der Waals surface area contributed by atoms with Crippen LogP contribution in [0, 0.1) is 5.92 Å². The molecule has 1 aliphatic carbocycles. The van der Waals surface area contributed by atoms with Crippen LogP contribution in [-0.2, 0) is 12.8 Å². The third-order valence-electron chi connectivity index (χ3n) is 4.44. The van der Waals surface area contributed by atoms with Crippen LogP contribution >= 0.6 is 0 Å². The maximum atomic E-state index is 4.94. The van der Waals surface area contributed by atoms with E-state index in [0.29, 0.717) is 5.92 Å². The van der Waals surface area contributed by atoms with E-state index in [1.807, 2.05) is 0 Å². The summed E-state index contributed by atoms with van der Waals surface area (Å²) in [6, 6.07) is 4.59. The van der Waals surface area contributed by atoms with Crippen molar-refractivity contribution < 1.29 is 0 Å². The summed E-state index contributed by atoms with van der Waals surface area (Å²) in [6.45, 7) is 6.89. The molecule has 0 N–H and O–H groups in total. The Hall–Kier alpha value is -0.850. The number of aromatic nitrogens is 1. The fraction of sp³-hybridized carbons (Fsp3) is 0.722. The number of hydrogen-bond acceptors (Lipinski definition) is 1. The lowest BCUT2D eigenvalue weighted by atomic mass is 9.97. The molecule has 1 unspecified atom stereocenters. The molecular formula is C18H29N. The van der Waals surface area contributed by atoms with Gasteiger partial charge >= 0.3 is 0 Å². The summed E-state index contributed by atoms with van der Waals surface area (Å²) in [5, 5.41) is 0. The van der Waals surface area contributed by atoms with Gasteiger partial charge in [-0.15, -0.1) is 0 Å². The van der Waals surface area contributed by atoms with Crippen molar-refractivity contribution in [1.29, 1.82) is 0 Å². The Bertz CT molecular complexity index is 395. The van der Waals surface area contributed by atoms with E-state index in [-0.39, 0.29) is 0 Å². The first-order valence-electron chi connectivity index (χ1n) is 8.15. The van der Waals surface area contributed by atoms with Crippen LogP contribution in [0.4, 0.5) is 0 Å². The molecule has 1 aromatic rings. The molecule has 0 amide bonds. The third-order valence-corrected chi connectivity index (χ3v) is 4.44. The minimum Gasteiger partial charge on any atom is -0.257 e. The van der Waals surface area contributed by atoms with Crippen molar-refractivity contribution in [3.8, 4) is 0 Å². The second-order valence-electron chi connectivity index (χ2n) is 6.59. The second-order valence-corrected chi connectivity index (χ2v) is 6.59. The standard InChI is InChI=1S/C18H29N/c1-14(2)17-13-12-16-10-6-4-5-8-15(3)9-7-11-18(16)19-17/h12-15H,4-11H2,1-3H3. The van der Waals surface area contributed by atoms with Crippen LogP contribution in [0.2, 0.25) is 0 Å². The highest BCUT2D eigenvalue weighted by molar-refractivity contribution is 5.25. The summed E-state index contributed by atoms with van der Waals surface area (Å²) in [7, 11) is 0. The van der Waals surface area contributed by atoms with E-state index >= 15 is 0 Å². The minimum atomic E-state index is 0.544. The Balaban J connectivity index is 2.15. The smallest absolute Gasteiger partial charge is 0.0438 e. The lowest BCUT2D eigenvalue weighted by Crippen LogP contribution is -2.03. The molecular weight excluding hydrogens is 230 g/mol. The van der Waals surface area contributed by atoms with Gasteiger partial charge in [-0.3, -0.25) is 4.98 Å². The quantitative estimate of drug-likeness (QED) is 0.668. The molecule has 1 aliphatic rings. The zero-order valence-electron chi connectivity index (χ0n) is 12.9. The van der Waals surface area contributed by atoms with Gasteiger partial charge in [0.1, 0.15) is 0 Å². The van der Waals surface area contributed by atoms with Gasteiger partial charge in [-0.2, -0.15) is 0 Å². The highest BCUT2D eigenvalue weighted by Crippen LogP contribution is 2.23. The second kappa shape index (κ2) is 7.07. The molecule has 1 atom stereocenters. The number of hydrogen-bond donors (Lipinski definition) is 0. The fourth-order valence-corrected chi connectivity index (χ4v) is 3.06. The first-order valence-corrected chi connectivity index (χ1v) is 8.15. The lowest BCUT2D eigenvalue weighted by molar-refractivity contribution is 0.450. The molecule has 1 heterocycles. The molecule has 0 aliphatic heterocycles. The first-order chi connectivity index (χ1) is 9.16. The Morgan fingerprint density at radius 1 is 1.00 bits per heavy atom. The van der Waals surface area contributed by atoms with Crippen molar-refractivity contribution >= 4 is 0 Å².